The summed E-state index contributed by atoms with van der Waals surface area (Å²) in [6, 6.07) is 16.8. The van der Waals surface area contributed by atoms with E-state index in [2.05, 4.69) is 15.3 Å². The van der Waals surface area contributed by atoms with Crippen molar-refractivity contribution in [2.75, 3.05) is 12.4 Å². The molecule has 3 aromatic rings. The van der Waals surface area contributed by atoms with Crippen LogP contribution >= 0.6 is 24.0 Å². The largest absolute Gasteiger partial charge is 0.497 e. The third-order valence-corrected chi connectivity index (χ3v) is 3.61. The number of pyridine rings is 1. The Morgan fingerprint density at radius 2 is 1.89 bits per heavy atom. The number of ether oxygens (including phenoxy) is 2. The van der Waals surface area contributed by atoms with Gasteiger partial charge < -0.3 is 20.5 Å². The molecular formula is C20H20FIN4O2. The van der Waals surface area contributed by atoms with Crippen molar-refractivity contribution in [3.05, 3.63) is 78.2 Å². The summed E-state index contributed by atoms with van der Waals surface area (Å²) in [6.07, 6.45) is 1.64. The number of hydrogen-bond donors (Lipinski definition) is 2. The van der Waals surface area contributed by atoms with E-state index in [0.717, 1.165) is 17.0 Å². The molecule has 0 atom stereocenters. The highest BCUT2D eigenvalue weighted by atomic mass is 127. The van der Waals surface area contributed by atoms with Gasteiger partial charge in [0.2, 0.25) is 5.88 Å². The first kappa shape index (κ1) is 21.4. The summed E-state index contributed by atoms with van der Waals surface area (Å²) in [6.45, 7) is 0.363. The zero-order chi connectivity index (χ0) is 19.1. The van der Waals surface area contributed by atoms with Crippen LogP contribution in [0.5, 0.6) is 17.4 Å². The number of aromatic nitrogens is 1. The Balaban J connectivity index is 0.00000280. The highest BCUT2D eigenvalue weighted by Crippen LogP contribution is 2.20. The number of halogens is 2. The van der Waals surface area contributed by atoms with E-state index in [4.69, 9.17) is 15.2 Å². The van der Waals surface area contributed by atoms with Gasteiger partial charge in [0.25, 0.3) is 0 Å². The third kappa shape index (κ3) is 6.38. The second-order valence-electron chi connectivity index (χ2n) is 5.62. The van der Waals surface area contributed by atoms with Crippen LogP contribution in [0.15, 0.2) is 71.9 Å². The number of nitrogens with zero attached hydrogens (tertiary/aromatic N) is 2. The number of benzene rings is 2. The van der Waals surface area contributed by atoms with Crippen LogP contribution in [-0.2, 0) is 6.54 Å². The maximum atomic E-state index is 13.2. The first-order valence-corrected chi connectivity index (χ1v) is 8.22. The van der Waals surface area contributed by atoms with Crippen molar-refractivity contribution in [1.29, 1.82) is 0 Å². The van der Waals surface area contributed by atoms with Gasteiger partial charge in [-0.3, -0.25) is 0 Å². The topological polar surface area (TPSA) is 81.8 Å². The second kappa shape index (κ2) is 10.5. The Morgan fingerprint density at radius 3 is 2.54 bits per heavy atom. The van der Waals surface area contributed by atoms with Gasteiger partial charge in [0.1, 0.15) is 17.3 Å². The lowest BCUT2D eigenvalue weighted by molar-refractivity contribution is 0.415. The molecule has 2 aromatic carbocycles. The Labute approximate surface area is 179 Å². The molecule has 8 heteroatoms. The number of rotatable bonds is 6. The van der Waals surface area contributed by atoms with E-state index < -0.39 is 0 Å². The summed E-state index contributed by atoms with van der Waals surface area (Å²) in [5, 5.41) is 3.00. The predicted molar refractivity (Wildman–Crippen MR) is 118 cm³/mol. The molecule has 1 heterocycles. The average molecular weight is 494 g/mol. The summed E-state index contributed by atoms with van der Waals surface area (Å²) >= 11 is 0. The molecule has 1 aromatic heterocycles. The van der Waals surface area contributed by atoms with Gasteiger partial charge in [-0.15, -0.1) is 24.0 Å². The molecule has 6 nitrogen and oxygen atoms in total. The van der Waals surface area contributed by atoms with Crippen LogP contribution in [0.2, 0.25) is 0 Å². The smallest absolute Gasteiger partial charge is 0.219 e. The molecule has 0 radical (unpaired) electrons. The van der Waals surface area contributed by atoms with E-state index in [9.17, 15) is 4.39 Å². The molecule has 0 aliphatic rings. The molecule has 3 rings (SSSR count). The van der Waals surface area contributed by atoms with E-state index in [1.54, 1.807) is 31.5 Å². The molecular weight excluding hydrogens is 474 g/mol. The van der Waals surface area contributed by atoms with Crippen LogP contribution in [-0.4, -0.2) is 18.1 Å². The van der Waals surface area contributed by atoms with Crippen LogP contribution in [0.1, 0.15) is 5.56 Å². The third-order valence-electron chi connectivity index (χ3n) is 3.61. The zero-order valence-corrected chi connectivity index (χ0v) is 17.5. The normalized spacial score (nSPS) is 10.7. The lowest BCUT2D eigenvalue weighted by Crippen LogP contribution is -2.22. The van der Waals surface area contributed by atoms with Gasteiger partial charge in [-0.2, -0.15) is 0 Å². The molecule has 28 heavy (non-hydrogen) atoms. The van der Waals surface area contributed by atoms with Crippen molar-refractivity contribution in [2.45, 2.75) is 6.54 Å². The van der Waals surface area contributed by atoms with Gasteiger partial charge in [-0.05, 0) is 42.0 Å². The molecule has 0 fully saturated rings. The maximum absolute atomic E-state index is 13.2. The quantitative estimate of drug-likeness (QED) is 0.298. The minimum Gasteiger partial charge on any atom is -0.497 e. The van der Waals surface area contributed by atoms with Gasteiger partial charge in [-0.1, -0.05) is 12.1 Å². The van der Waals surface area contributed by atoms with Crippen LogP contribution in [0.3, 0.4) is 0 Å². The molecule has 0 amide bonds. The van der Waals surface area contributed by atoms with E-state index in [1.807, 2.05) is 30.3 Å². The van der Waals surface area contributed by atoms with E-state index in [1.165, 1.54) is 12.1 Å². The fourth-order valence-electron chi connectivity index (χ4n) is 2.25. The molecule has 0 bridgehead atoms. The second-order valence-corrected chi connectivity index (χ2v) is 5.62. The predicted octanol–water partition coefficient (Wildman–Crippen LogP) is 4.57. The number of hydrogen-bond acceptors (Lipinski definition) is 4. The molecule has 0 saturated heterocycles. The fourth-order valence-corrected chi connectivity index (χ4v) is 2.25. The van der Waals surface area contributed by atoms with Gasteiger partial charge >= 0.3 is 0 Å². The molecule has 0 unspecified atom stereocenters. The molecule has 146 valence electrons. The van der Waals surface area contributed by atoms with Crippen LogP contribution in [0.4, 0.5) is 10.1 Å². The van der Waals surface area contributed by atoms with Crippen molar-refractivity contribution in [1.82, 2.24) is 4.98 Å². The molecule has 0 aliphatic heterocycles. The lowest BCUT2D eigenvalue weighted by atomic mass is 10.3. The Morgan fingerprint density at radius 1 is 1.11 bits per heavy atom. The summed E-state index contributed by atoms with van der Waals surface area (Å²) in [5.41, 5.74) is 7.57. The van der Waals surface area contributed by atoms with Crippen LogP contribution < -0.4 is 20.5 Å². The number of methoxy groups -OCH3 is 1. The zero-order valence-electron chi connectivity index (χ0n) is 15.1. The van der Waals surface area contributed by atoms with Gasteiger partial charge in [0, 0.05) is 24.0 Å². The highest BCUT2D eigenvalue weighted by molar-refractivity contribution is 14.0. The average Bonchev–Trinajstić information content (AvgIpc) is 2.68. The van der Waals surface area contributed by atoms with Crippen molar-refractivity contribution in [3.8, 4) is 17.4 Å². The number of nitrogens with one attached hydrogen (secondary N) is 1. The Hall–Kier alpha value is -2.88. The van der Waals surface area contributed by atoms with E-state index >= 15 is 0 Å². The van der Waals surface area contributed by atoms with Gasteiger partial charge in [0.15, 0.2) is 5.96 Å². The number of guanidine groups is 1. The Bertz CT molecular complexity index is 918. The summed E-state index contributed by atoms with van der Waals surface area (Å²) in [7, 11) is 1.61. The molecule has 0 saturated carbocycles. The monoisotopic (exact) mass is 494 g/mol. The minimum absolute atomic E-state index is 0. The number of anilines is 1. The van der Waals surface area contributed by atoms with Crippen molar-refractivity contribution < 1.29 is 13.9 Å². The van der Waals surface area contributed by atoms with Crippen LogP contribution in [0, 0.1) is 5.82 Å². The molecule has 0 aliphatic carbocycles. The Kier molecular flexibility index (Phi) is 8.00. The van der Waals surface area contributed by atoms with Crippen molar-refractivity contribution in [3.63, 3.8) is 0 Å². The van der Waals surface area contributed by atoms with Crippen molar-refractivity contribution in [2.24, 2.45) is 10.7 Å². The first-order valence-electron chi connectivity index (χ1n) is 8.22. The number of aliphatic imine (C=N–C) groups is 1. The number of nitrogens with two attached hydrogens (primary N) is 1. The lowest BCUT2D eigenvalue weighted by Gasteiger charge is -2.07. The highest BCUT2D eigenvalue weighted by Gasteiger charge is 2.01. The molecule has 0 spiro atoms. The minimum atomic E-state index is -0.363. The van der Waals surface area contributed by atoms with Gasteiger partial charge in [0.05, 0.1) is 13.7 Å². The van der Waals surface area contributed by atoms with Gasteiger partial charge in [-0.25, -0.2) is 14.4 Å². The summed E-state index contributed by atoms with van der Waals surface area (Å²) in [4.78, 5) is 8.47. The fraction of sp³-hybridized carbons (Fsp3) is 0.100. The first-order chi connectivity index (χ1) is 13.1. The summed E-state index contributed by atoms with van der Waals surface area (Å²) in [5.74, 6) is 1.46. The maximum Gasteiger partial charge on any atom is 0.219 e. The standard InChI is InChI=1S/C20H19FN4O2.HI/c1-26-17-8-6-16(7-9-17)25-20(22)24-13-14-5-10-19(23-12-14)27-18-4-2-3-15(21)11-18;/h2-12H,13H2,1H3,(H3,22,24,25);1H. The molecule has 3 N–H and O–H groups in total. The summed E-state index contributed by atoms with van der Waals surface area (Å²) < 4.78 is 23.8. The van der Waals surface area contributed by atoms with E-state index in [-0.39, 0.29) is 29.8 Å². The SMILES string of the molecule is COc1ccc(NC(N)=NCc2ccc(Oc3cccc(F)c3)nc2)cc1.I. The van der Waals surface area contributed by atoms with Crippen molar-refractivity contribution >= 4 is 35.6 Å². The van der Waals surface area contributed by atoms with Crippen LogP contribution in [0.25, 0.3) is 0 Å². The van der Waals surface area contributed by atoms with E-state index in [0.29, 0.717) is 24.1 Å².